The average molecular weight is 421 g/mol. The van der Waals surface area contributed by atoms with Gasteiger partial charge in [-0.15, -0.1) is 0 Å². The highest BCUT2D eigenvalue weighted by Gasteiger charge is 2.23. The van der Waals surface area contributed by atoms with E-state index < -0.39 is 0 Å². The van der Waals surface area contributed by atoms with Crippen molar-refractivity contribution in [3.63, 3.8) is 0 Å². The van der Waals surface area contributed by atoms with Gasteiger partial charge in [0, 0.05) is 0 Å². The highest BCUT2D eigenvalue weighted by atomic mass is 32.1. The van der Waals surface area contributed by atoms with Gasteiger partial charge in [-0.25, -0.2) is 4.98 Å². The lowest BCUT2D eigenvalue weighted by atomic mass is 10.0. The molecule has 0 bridgehead atoms. The van der Waals surface area contributed by atoms with Crippen LogP contribution in [0.3, 0.4) is 0 Å². The molecule has 0 aliphatic heterocycles. The SMILES string of the molecule is COc1ccc(C)c2sc(N(Cc3ccco3)C(=O)Cc3ccc(C)c(C)c3)nc12. The third-order valence-electron chi connectivity index (χ3n) is 5.26. The zero-order valence-corrected chi connectivity index (χ0v) is 18.4. The molecule has 0 spiro atoms. The maximum Gasteiger partial charge on any atom is 0.233 e. The molecule has 0 saturated carbocycles. The van der Waals surface area contributed by atoms with E-state index in [1.807, 2.05) is 37.3 Å². The number of amides is 1. The molecule has 2 heterocycles. The summed E-state index contributed by atoms with van der Waals surface area (Å²) in [5.41, 5.74) is 5.27. The van der Waals surface area contributed by atoms with E-state index in [0.717, 1.165) is 21.3 Å². The molecular weight excluding hydrogens is 396 g/mol. The Bertz CT molecular complexity index is 1190. The molecule has 4 aromatic rings. The van der Waals surface area contributed by atoms with Gasteiger partial charge < -0.3 is 9.15 Å². The van der Waals surface area contributed by atoms with E-state index in [1.165, 1.54) is 22.5 Å². The van der Waals surface area contributed by atoms with Gasteiger partial charge in [0.1, 0.15) is 17.0 Å². The van der Waals surface area contributed by atoms with E-state index in [0.29, 0.717) is 29.6 Å². The van der Waals surface area contributed by atoms with Crippen LogP contribution in [0.25, 0.3) is 10.2 Å². The molecule has 0 aliphatic carbocycles. The minimum atomic E-state index is -0.0228. The molecule has 5 nitrogen and oxygen atoms in total. The van der Waals surface area contributed by atoms with E-state index >= 15 is 0 Å². The molecule has 30 heavy (non-hydrogen) atoms. The summed E-state index contributed by atoms with van der Waals surface area (Å²) < 4.78 is 12.0. The number of carbonyl (C=O) groups is 1. The topological polar surface area (TPSA) is 55.6 Å². The minimum absolute atomic E-state index is 0.0228. The van der Waals surface area contributed by atoms with Crippen molar-refractivity contribution in [2.75, 3.05) is 12.0 Å². The van der Waals surface area contributed by atoms with Crippen molar-refractivity contribution >= 4 is 32.6 Å². The number of nitrogens with zero attached hydrogens (tertiary/aromatic N) is 2. The maximum absolute atomic E-state index is 13.4. The number of thiazole rings is 1. The molecule has 154 valence electrons. The summed E-state index contributed by atoms with van der Waals surface area (Å²) in [7, 11) is 1.63. The van der Waals surface area contributed by atoms with Crippen LogP contribution < -0.4 is 9.64 Å². The average Bonchev–Trinajstić information content (AvgIpc) is 3.39. The smallest absolute Gasteiger partial charge is 0.233 e. The first-order valence-electron chi connectivity index (χ1n) is 9.79. The van der Waals surface area contributed by atoms with Gasteiger partial charge in [0.05, 0.1) is 31.0 Å². The van der Waals surface area contributed by atoms with Gasteiger partial charge in [0.25, 0.3) is 0 Å². The number of hydrogen-bond donors (Lipinski definition) is 0. The largest absolute Gasteiger partial charge is 0.494 e. The summed E-state index contributed by atoms with van der Waals surface area (Å²) in [5.74, 6) is 1.40. The Morgan fingerprint density at radius 1 is 1.10 bits per heavy atom. The van der Waals surface area contributed by atoms with Gasteiger partial charge in [0.15, 0.2) is 5.13 Å². The lowest BCUT2D eigenvalue weighted by Crippen LogP contribution is -2.31. The lowest BCUT2D eigenvalue weighted by molar-refractivity contribution is -0.118. The predicted molar refractivity (Wildman–Crippen MR) is 120 cm³/mol. The Hall–Kier alpha value is -3.12. The van der Waals surface area contributed by atoms with Gasteiger partial charge in [0.2, 0.25) is 5.91 Å². The maximum atomic E-state index is 13.4. The molecule has 0 fully saturated rings. The van der Waals surface area contributed by atoms with Gasteiger partial charge in [-0.1, -0.05) is 35.6 Å². The van der Waals surface area contributed by atoms with Gasteiger partial charge in [-0.2, -0.15) is 0 Å². The van der Waals surface area contributed by atoms with Crippen LogP contribution in [-0.4, -0.2) is 18.0 Å². The van der Waals surface area contributed by atoms with E-state index in [1.54, 1.807) is 18.3 Å². The van der Waals surface area contributed by atoms with Crippen LogP contribution in [0, 0.1) is 20.8 Å². The number of anilines is 1. The fourth-order valence-corrected chi connectivity index (χ4v) is 4.45. The first-order chi connectivity index (χ1) is 14.5. The molecule has 4 rings (SSSR count). The van der Waals surface area contributed by atoms with Crippen molar-refractivity contribution in [3.8, 4) is 5.75 Å². The Morgan fingerprint density at radius 3 is 2.60 bits per heavy atom. The van der Waals surface area contributed by atoms with Crippen LogP contribution in [0.5, 0.6) is 5.75 Å². The van der Waals surface area contributed by atoms with Crippen molar-refractivity contribution in [3.05, 3.63) is 76.7 Å². The second-order valence-corrected chi connectivity index (χ2v) is 8.39. The van der Waals surface area contributed by atoms with E-state index in [2.05, 4.69) is 26.0 Å². The summed E-state index contributed by atoms with van der Waals surface area (Å²) in [6.45, 7) is 6.50. The van der Waals surface area contributed by atoms with E-state index in [9.17, 15) is 4.79 Å². The monoisotopic (exact) mass is 420 g/mol. The summed E-state index contributed by atoms with van der Waals surface area (Å²) >= 11 is 1.50. The molecule has 0 aliphatic rings. The highest BCUT2D eigenvalue weighted by molar-refractivity contribution is 7.22. The van der Waals surface area contributed by atoms with Crippen molar-refractivity contribution < 1.29 is 13.9 Å². The summed E-state index contributed by atoms with van der Waals surface area (Å²) in [4.78, 5) is 19.9. The fraction of sp³-hybridized carbons (Fsp3) is 0.250. The summed E-state index contributed by atoms with van der Waals surface area (Å²) in [6.07, 6.45) is 1.92. The zero-order chi connectivity index (χ0) is 21.3. The normalized spacial score (nSPS) is 11.1. The van der Waals surface area contributed by atoms with Crippen molar-refractivity contribution in [2.24, 2.45) is 0 Å². The lowest BCUT2D eigenvalue weighted by Gasteiger charge is -2.19. The minimum Gasteiger partial charge on any atom is -0.494 e. The quantitative estimate of drug-likeness (QED) is 0.407. The van der Waals surface area contributed by atoms with Crippen molar-refractivity contribution in [2.45, 2.75) is 33.7 Å². The summed E-state index contributed by atoms with van der Waals surface area (Å²) in [5, 5.41) is 0.642. The number of carbonyl (C=O) groups excluding carboxylic acids is 1. The number of furan rings is 1. The number of methoxy groups -OCH3 is 1. The second-order valence-electron chi connectivity index (χ2n) is 7.41. The van der Waals surface area contributed by atoms with Crippen LogP contribution >= 0.6 is 11.3 Å². The van der Waals surface area contributed by atoms with Crippen LogP contribution in [-0.2, 0) is 17.8 Å². The molecule has 2 aromatic heterocycles. The predicted octanol–water partition coefficient (Wildman–Crippen LogP) is 5.60. The zero-order valence-electron chi connectivity index (χ0n) is 17.6. The standard InChI is InChI=1S/C24H24N2O3S/c1-15-7-9-18(12-17(15)3)13-21(27)26(14-19-6-5-11-29-19)24-25-22-20(28-4)10-8-16(2)23(22)30-24/h5-12H,13-14H2,1-4H3. The summed E-state index contributed by atoms with van der Waals surface area (Å²) in [6, 6.07) is 13.8. The number of aromatic nitrogens is 1. The molecular formula is C24H24N2O3S. The Morgan fingerprint density at radius 2 is 1.90 bits per heavy atom. The van der Waals surface area contributed by atoms with E-state index in [-0.39, 0.29) is 5.91 Å². The number of ether oxygens (including phenoxy) is 1. The Labute approximate surface area is 179 Å². The van der Waals surface area contributed by atoms with Crippen molar-refractivity contribution in [1.29, 1.82) is 0 Å². The molecule has 0 radical (unpaired) electrons. The number of rotatable bonds is 6. The van der Waals surface area contributed by atoms with Crippen LogP contribution in [0.15, 0.2) is 53.1 Å². The molecule has 0 N–H and O–H groups in total. The molecule has 6 heteroatoms. The fourth-order valence-electron chi connectivity index (χ4n) is 3.38. The number of hydrogen-bond acceptors (Lipinski definition) is 5. The number of benzene rings is 2. The van der Waals surface area contributed by atoms with Crippen molar-refractivity contribution in [1.82, 2.24) is 4.98 Å². The first-order valence-corrected chi connectivity index (χ1v) is 10.6. The molecule has 0 unspecified atom stereocenters. The second kappa shape index (κ2) is 8.32. The first kappa shape index (κ1) is 20.2. The third kappa shape index (κ3) is 3.96. The third-order valence-corrected chi connectivity index (χ3v) is 6.48. The van der Waals surface area contributed by atoms with Gasteiger partial charge >= 0.3 is 0 Å². The van der Waals surface area contributed by atoms with Crippen LogP contribution in [0.1, 0.15) is 28.0 Å². The number of fused-ring (bicyclic) bond motifs is 1. The van der Waals surface area contributed by atoms with Gasteiger partial charge in [-0.3, -0.25) is 9.69 Å². The Balaban J connectivity index is 1.72. The van der Waals surface area contributed by atoms with Gasteiger partial charge in [-0.05, 0) is 61.2 Å². The van der Waals surface area contributed by atoms with Crippen LogP contribution in [0.2, 0.25) is 0 Å². The molecule has 0 saturated heterocycles. The Kier molecular flexibility index (Phi) is 5.59. The highest BCUT2D eigenvalue weighted by Crippen LogP contribution is 2.37. The number of aryl methyl sites for hydroxylation is 3. The van der Waals surface area contributed by atoms with E-state index in [4.69, 9.17) is 14.1 Å². The van der Waals surface area contributed by atoms with Crippen LogP contribution in [0.4, 0.5) is 5.13 Å². The molecule has 2 aromatic carbocycles. The molecule has 1 amide bonds. The molecule has 0 atom stereocenters.